The Bertz CT molecular complexity index is 895. The standard InChI is InChI=1S/C21H20BrClN2O3/c22-16-10-11-19(28-21(27)17-8-4-5-9-18(17)23)15(12-16)13-24-25-20(26)14-6-2-1-3-7-14/h4-5,8-14H,1-3,6-7H2,(H,25,26)/b24-13+. The van der Waals surface area contributed by atoms with E-state index < -0.39 is 5.97 Å². The lowest BCUT2D eigenvalue weighted by atomic mass is 9.89. The molecule has 0 heterocycles. The highest BCUT2D eigenvalue weighted by molar-refractivity contribution is 9.10. The number of carbonyl (C=O) groups is 2. The minimum absolute atomic E-state index is 0.0194. The van der Waals surface area contributed by atoms with Gasteiger partial charge in [0.15, 0.2) is 0 Å². The smallest absolute Gasteiger partial charge is 0.345 e. The second-order valence-electron chi connectivity index (χ2n) is 6.62. The Morgan fingerprint density at radius 2 is 1.89 bits per heavy atom. The number of hydrogen-bond donors (Lipinski definition) is 1. The maximum atomic E-state index is 12.4. The predicted octanol–water partition coefficient (Wildman–Crippen LogP) is 5.35. The number of benzene rings is 2. The van der Waals surface area contributed by atoms with Crippen molar-refractivity contribution >= 4 is 45.6 Å². The summed E-state index contributed by atoms with van der Waals surface area (Å²) in [6, 6.07) is 11.9. The molecule has 0 spiro atoms. The molecule has 1 fully saturated rings. The highest BCUT2D eigenvalue weighted by Crippen LogP contribution is 2.25. The van der Waals surface area contributed by atoms with E-state index in [9.17, 15) is 9.59 Å². The Morgan fingerprint density at radius 3 is 2.64 bits per heavy atom. The number of carbonyl (C=O) groups excluding carboxylic acids is 2. The van der Waals surface area contributed by atoms with Gasteiger partial charge in [0.25, 0.3) is 0 Å². The van der Waals surface area contributed by atoms with E-state index in [1.165, 1.54) is 12.6 Å². The van der Waals surface area contributed by atoms with Gasteiger partial charge in [-0.25, -0.2) is 10.2 Å². The van der Waals surface area contributed by atoms with Crippen molar-refractivity contribution < 1.29 is 14.3 Å². The fraction of sp³-hybridized carbons (Fsp3) is 0.286. The first-order valence-corrected chi connectivity index (χ1v) is 10.3. The monoisotopic (exact) mass is 462 g/mol. The molecule has 5 nitrogen and oxygen atoms in total. The van der Waals surface area contributed by atoms with Crippen molar-refractivity contribution in [2.24, 2.45) is 11.0 Å². The largest absolute Gasteiger partial charge is 0.422 e. The van der Waals surface area contributed by atoms with Crippen LogP contribution in [0.3, 0.4) is 0 Å². The Balaban J connectivity index is 1.71. The van der Waals surface area contributed by atoms with E-state index >= 15 is 0 Å². The molecule has 28 heavy (non-hydrogen) atoms. The molecule has 7 heteroatoms. The molecular weight excluding hydrogens is 444 g/mol. The third-order valence-electron chi connectivity index (χ3n) is 4.62. The Morgan fingerprint density at radius 1 is 1.14 bits per heavy atom. The number of nitrogens with one attached hydrogen (secondary N) is 1. The van der Waals surface area contributed by atoms with E-state index in [4.69, 9.17) is 16.3 Å². The zero-order valence-corrected chi connectivity index (χ0v) is 17.5. The van der Waals surface area contributed by atoms with Crippen LogP contribution in [0.15, 0.2) is 52.0 Å². The predicted molar refractivity (Wildman–Crippen MR) is 113 cm³/mol. The molecule has 3 rings (SSSR count). The van der Waals surface area contributed by atoms with Gasteiger partial charge < -0.3 is 4.74 Å². The Labute approximate surface area is 177 Å². The molecule has 1 saturated carbocycles. The van der Waals surface area contributed by atoms with E-state index in [0.29, 0.717) is 16.3 Å². The van der Waals surface area contributed by atoms with Gasteiger partial charge in [0, 0.05) is 16.0 Å². The van der Waals surface area contributed by atoms with Crippen molar-refractivity contribution in [3.8, 4) is 5.75 Å². The van der Waals surface area contributed by atoms with Gasteiger partial charge in [-0.15, -0.1) is 0 Å². The molecule has 1 amide bonds. The second-order valence-corrected chi connectivity index (χ2v) is 7.94. The number of nitrogens with zero attached hydrogens (tertiary/aromatic N) is 1. The molecule has 0 radical (unpaired) electrons. The van der Waals surface area contributed by atoms with Gasteiger partial charge in [-0.05, 0) is 43.2 Å². The highest BCUT2D eigenvalue weighted by Gasteiger charge is 2.20. The van der Waals surface area contributed by atoms with Gasteiger partial charge >= 0.3 is 5.97 Å². The van der Waals surface area contributed by atoms with Crippen LogP contribution in [0.25, 0.3) is 0 Å². The van der Waals surface area contributed by atoms with Gasteiger partial charge in [0.1, 0.15) is 5.75 Å². The van der Waals surface area contributed by atoms with Crippen molar-refractivity contribution in [3.63, 3.8) is 0 Å². The van der Waals surface area contributed by atoms with Crippen LogP contribution in [0.5, 0.6) is 5.75 Å². The fourth-order valence-electron chi connectivity index (χ4n) is 3.12. The molecule has 0 aromatic heterocycles. The molecule has 146 valence electrons. The van der Waals surface area contributed by atoms with Crippen LogP contribution in [-0.4, -0.2) is 18.1 Å². The summed E-state index contributed by atoms with van der Waals surface area (Å²) in [5, 5.41) is 4.37. The Kier molecular flexibility index (Phi) is 7.23. The first-order valence-electron chi connectivity index (χ1n) is 9.14. The Hall–Kier alpha value is -2.18. The average molecular weight is 464 g/mol. The normalized spacial score (nSPS) is 14.8. The van der Waals surface area contributed by atoms with Crippen LogP contribution in [0.4, 0.5) is 0 Å². The van der Waals surface area contributed by atoms with Crippen LogP contribution in [0, 0.1) is 5.92 Å². The topological polar surface area (TPSA) is 67.8 Å². The molecular formula is C21H20BrClN2O3. The van der Waals surface area contributed by atoms with Crippen LogP contribution in [0.2, 0.25) is 5.02 Å². The molecule has 0 unspecified atom stereocenters. The zero-order chi connectivity index (χ0) is 19.9. The molecule has 1 aliphatic carbocycles. The summed E-state index contributed by atoms with van der Waals surface area (Å²) in [5.41, 5.74) is 3.43. The number of rotatable bonds is 5. The van der Waals surface area contributed by atoms with Gasteiger partial charge in [0.05, 0.1) is 16.8 Å². The van der Waals surface area contributed by atoms with Gasteiger partial charge in [-0.1, -0.05) is 58.9 Å². The summed E-state index contributed by atoms with van der Waals surface area (Å²) in [7, 11) is 0. The van der Waals surface area contributed by atoms with E-state index in [2.05, 4.69) is 26.5 Å². The van der Waals surface area contributed by atoms with Crippen molar-refractivity contribution in [1.29, 1.82) is 0 Å². The average Bonchev–Trinajstić information content (AvgIpc) is 2.70. The molecule has 1 aliphatic rings. The number of amides is 1. The highest BCUT2D eigenvalue weighted by atomic mass is 79.9. The number of hydrazone groups is 1. The molecule has 0 saturated heterocycles. The first kappa shape index (κ1) is 20.6. The maximum Gasteiger partial charge on any atom is 0.345 e. The second kappa shape index (κ2) is 9.85. The van der Waals surface area contributed by atoms with E-state index in [1.807, 2.05) is 0 Å². The summed E-state index contributed by atoms with van der Waals surface area (Å²) < 4.78 is 6.29. The first-order chi connectivity index (χ1) is 13.5. The molecule has 2 aromatic carbocycles. The fourth-order valence-corrected chi connectivity index (χ4v) is 3.71. The number of ether oxygens (including phenoxy) is 1. The van der Waals surface area contributed by atoms with E-state index in [1.54, 1.807) is 42.5 Å². The lowest BCUT2D eigenvalue weighted by molar-refractivity contribution is -0.125. The minimum atomic E-state index is -0.561. The number of halogens is 2. The van der Waals surface area contributed by atoms with Gasteiger partial charge in [-0.2, -0.15) is 5.10 Å². The summed E-state index contributed by atoms with van der Waals surface area (Å²) in [6.45, 7) is 0. The lowest BCUT2D eigenvalue weighted by Gasteiger charge is -2.19. The summed E-state index contributed by atoms with van der Waals surface area (Å²) in [4.78, 5) is 24.6. The lowest BCUT2D eigenvalue weighted by Crippen LogP contribution is -2.28. The third-order valence-corrected chi connectivity index (χ3v) is 5.45. The molecule has 0 aliphatic heterocycles. The quantitative estimate of drug-likeness (QED) is 0.281. The SMILES string of the molecule is O=C(Oc1ccc(Br)cc1/C=N/NC(=O)C1CCCCC1)c1ccccc1Cl. The minimum Gasteiger partial charge on any atom is -0.422 e. The van der Waals surface area contributed by atoms with Crippen molar-refractivity contribution in [2.45, 2.75) is 32.1 Å². The molecule has 0 atom stereocenters. The van der Waals surface area contributed by atoms with E-state index in [-0.39, 0.29) is 17.4 Å². The van der Waals surface area contributed by atoms with E-state index in [0.717, 1.165) is 30.2 Å². The maximum absolute atomic E-state index is 12.4. The third kappa shape index (κ3) is 5.42. The molecule has 2 aromatic rings. The number of esters is 1. The summed E-state index contributed by atoms with van der Waals surface area (Å²) >= 11 is 9.45. The van der Waals surface area contributed by atoms with Crippen LogP contribution < -0.4 is 10.2 Å². The van der Waals surface area contributed by atoms with Gasteiger partial charge in [0.2, 0.25) is 5.91 Å². The van der Waals surface area contributed by atoms with Crippen LogP contribution in [0.1, 0.15) is 48.0 Å². The van der Waals surface area contributed by atoms with Crippen molar-refractivity contribution in [2.75, 3.05) is 0 Å². The molecule has 1 N–H and O–H groups in total. The van der Waals surface area contributed by atoms with Crippen LogP contribution in [-0.2, 0) is 4.79 Å². The van der Waals surface area contributed by atoms with Crippen molar-refractivity contribution in [3.05, 3.63) is 63.1 Å². The summed E-state index contributed by atoms with van der Waals surface area (Å²) in [6.07, 6.45) is 6.62. The van der Waals surface area contributed by atoms with Crippen molar-refractivity contribution in [1.82, 2.24) is 5.43 Å². The molecule has 0 bridgehead atoms. The zero-order valence-electron chi connectivity index (χ0n) is 15.2. The summed E-state index contributed by atoms with van der Waals surface area (Å²) in [5.74, 6) is -0.288. The number of hydrogen-bond acceptors (Lipinski definition) is 4. The van der Waals surface area contributed by atoms with Crippen LogP contribution >= 0.6 is 27.5 Å². The van der Waals surface area contributed by atoms with Gasteiger partial charge in [-0.3, -0.25) is 4.79 Å².